The molecule has 14 heavy (non-hydrogen) atoms. The molecular formula is C11H20N2O. The number of ketones is 1. The van der Waals surface area contributed by atoms with Crippen LogP contribution < -0.4 is 0 Å². The van der Waals surface area contributed by atoms with Crippen LogP contribution in [-0.4, -0.2) is 54.9 Å². The van der Waals surface area contributed by atoms with E-state index in [0.29, 0.717) is 5.78 Å². The summed E-state index contributed by atoms with van der Waals surface area (Å²) < 4.78 is 0. The van der Waals surface area contributed by atoms with E-state index in [0.717, 1.165) is 25.9 Å². The lowest BCUT2D eigenvalue weighted by Gasteiger charge is -2.25. The summed E-state index contributed by atoms with van der Waals surface area (Å²) in [5.74, 6) is 0.463. The fourth-order valence-corrected chi connectivity index (χ4v) is 2.76. The molecule has 2 unspecified atom stereocenters. The zero-order chi connectivity index (χ0) is 10.1. The summed E-state index contributed by atoms with van der Waals surface area (Å²) in [4.78, 5) is 16.6. The van der Waals surface area contributed by atoms with Crippen LogP contribution in [0.3, 0.4) is 0 Å². The fraction of sp³-hybridized carbons (Fsp3) is 0.909. The van der Waals surface area contributed by atoms with Crippen LogP contribution in [0.5, 0.6) is 0 Å². The van der Waals surface area contributed by atoms with E-state index in [4.69, 9.17) is 0 Å². The minimum absolute atomic E-state index is 0.209. The Hall–Kier alpha value is -0.410. The van der Waals surface area contributed by atoms with Gasteiger partial charge in [-0.05, 0) is 52.9 Å². The van der Waals surface area contributed by atoms with Gasteiger partial charge in [0.2, 0.25) is 0 Å². The second kappa shape index (κ2) is 3.99. The molecule has 0 aromatic rings. The molecule has 2 rings (SSSR count). The van der Waals surface area contributed by atoms with Gasteiger partial charge in [-0.2, -0.15) is 0 Å². The summed E-state index contributed by atoms with van der Waals surface area (Å²) in [7, 11) is 4.15. The molecule has 0 N–H and O–H groups in total. The Balaban J connectivity index is 2.00. The zero-order valence-corrected chi connectivity index (χ0v) is 9.20. The molecule has 0 spiro atoms. The minimum Gasteiger partial charge on any atom is -0.297 e. The summed E-state index contributed by atoms with van der Waals surface area (Å²) >= 11 is 0. The third-order valence-electron chi connectivity index (χ3n) is 3.70. The number of hydrogen-bond acceptors (Lipinski definition) is 3. The van der Waals surface area contributed by atoms with Crippen molar-refractivity contribution in [1.82, 2.24) is 9.80 Å². The predicted octanol–water partition coefficient (Wildman–Crippen LogP) is 0.744. The Bertz CT molecular complexity index is 207. The molecule has 2 heterocycles. The van der Waals surface area contributed by atoms with Crippen molar-refractivity contribution in [3.8, 4) is 0 Å². The van der Waals surface area contributed by atoms with E-state index in [1.54, 1.807) is 0 Å². The molecular weight excluding hydrogens is 176 g/mol. The van der Waals surface area contributed by atoms with Crippen LogP contribution >= 0.6 is 0 Å². The molecule has 3 nitrogen and oxygen atoms in total. The monoisotopic (exact) mass is 196 g/mol. The predicted molar refractivity (Wildman–Crippen MR) is 56.3 cm³/mol. The summed E-state index contributed by atoms with van der Waals surface area (Å²) in [5.41, 5.74) is 0. The van der Waals surface area contributed by atoms with E-state index < -0.39 is 0 Å². The van der Waals surface area contributed by atoms with Crippen LogP contribution in [-0.2, 0) is 4.79 Å². The normalized spacial score (nSPS) is 35.3. The van der Waals surface area contributed by atoms with Crippen molar-refractivity contribution in [3.63, 3.8) is 0 Å². The Kier molecular flexibility index (Phi) is 2.88. The van der Waals surface area contributed by atoms with Gasteiger partial charge in [-0.15, -0.1) is 0 Å². The van der Waals surface area contributed by atoms with E-state index in [1.165, 1.54) is 12.8 Å². The standard InChI is InChI=1S/C11H20N2O/c1-12-7-3-5-9(12)11(14)10-6-4-8-13(10)2/h9-10H,3-8H2,1-2H3. The molecule has 2 aliphatic heterocycles. The number of Topliss-reactive ketones (excluding diaryl/α,β-unsaturated/α-hetero) is 1. The molecule has 0 saturated carbocycles. The van der Waals surface area contributed by atoms with E-state index in [1.807, 2.05) is 0 Å². The molecule has 2 fully saturated rings. The van der Waals surface area contributed by atoms with Gasteiger partial charge >= 0.3 is 0 Å². The van der Waals surface area contributed by atoms with Gasteiger partial charge in [0, 0.05) is 0 Å². The first-order chi connectivity index (χ1) is 6.70. The first kappa shape index (κ1) is 10.1. The average molecular weight is 196 g/mol. The molecule has 0 aliphatic carbocycles. The number of likely N-dealkylation sites (tertiary alicyclic amines) is 2. The molecule has 0 amide bonds. The Morgan fingerprint density at radius 3 is 1.71 bits per heavy atom. The van der Waals surface area contributed by atoms with Crippen LogP contribution in [0.1, 0.15) is 25.7 Å². The highest BCUT2D eigenvalue weighted by Crippen LogP contribution is 2.23. The van der Waals surface area contributed by atoms with Crippen LogP contribution in [0.25, 0.3) is 0 Å². The number of nitrogens with zero attached hydrogens (tertiary/aromatic N) is 2. The largest absolute Gasteiger partial charge is 0.297 e. The number of likely N-dealkylation sites (N-methyl/N-ethyl adjacent to an activating group) is 2. The molecule has 3 heteroatoms. The van der Waals surface area contributed by atoms with Crippen molar-refractivity contribution in [1.29, 1.82) is 0 Å². The molecule has 0 bridgehead atoms. The lowest BCUT2D eigenvalue weighted by atomic mass is 10.0. The molecule has 2 aliphatic rings. The molecule has 0 aromatic carbocycles. The third kappa shape index (κ3) is 1.71. The Morgan fingerprint density at radius 1 is 1.00 bits per heavy atom. The van der Waals surface area contributed by atoms with Crippen LogP contribution in [0.4, 0.5) is 0 Å². The number of carbonyl (C=O) groups is 1. The van der Waals surface area contributed by atoms with Gasteiger partial charge in [0.05, 0.1) is 12.1 Å². The topological polar surface area (TPSA) is 23.6 Å². The lowest BCUT2D eigenvalue weighted by Crippen LogP contribution is -2.44. The van der Waals surface area contributed by atoms with Crippen molar-refractivity contribution in [2.75, 3.05) is 27.2 Å². The summed E-state index contributed by atoms with van der Waals surface area (Å²) in [6.45, 7) is 2.18. The summed E-state index contributed by atoms with van der Waals surface area (Å²) in [6, 6.07) is 0.418. The number of carbonyl (C=O) groups excluding carboxylic acids is 1. The van der Waals surface area contributed by atoms with E-state index in [2.05, 4.69) is 23.9 Å². The molecule has 0 radical (unpaired) electrons. The van der Waals surface area contributed by atoms with Gasteiger partial charge in [-0.1, -0.05) is 0 Å². The van der Waals surface area contributed by atoms with Crippen molar-refractivity contribution >= 4 is 5.78 Å². The van der Waals surface area contributed by atoms with E-state index in [-0.39, 0.29) is 12.1 Å². The first-order valence-electron chi connectivity index (χ1n) is 5.64. The Labute approximate surface area is 86.1 Å². The number of hydrogen-bond donors (Lipinski definition) is 0. The molecule has 0 aromatic heterocycles. The van der Waals surface area contributed by atoms with Crippen LogP contribution in [0.2, 0.25) is 0 Å². The highest BCUT2D eigenvalue weighted by molar-refractivity contribution is 5.89. The van der Waals surface area contributed by atoms with E-state index in [9.17, 15) is 4.79 Å². The quantitative estimate of drug-likeness (QED) is 0.651. The SMILES string of the molecule is CN1CCCC1C(=O)C1CCCN1C. The van der Waals surface area contributed by atoms with Gasteiger partial charge < -0.3 is 0 Å². The maximum absolute atomic E-state index is 12.2. The summed E-state index contributed by atoms with van der Waals surface area (Å²) in [6.07, 6.45) is 4.51. The highest BCUT2D eigenvalue weighted by atomic mass is 16.1. The maximum Gasteiger partial charge on any atom is 0.166 e. The van der Waals surface area contributed by atoms with Gasteiger partial charge in [-0.25, -0.2) is 0 Å². The minimum atomic E-state index is 0.209. The smallest absolute Gasteiger partial charge is 0.166 e. The van der Waals surface area contributed by atoms with Crippen LogP contribution in [0.15, 0.2) is 0 Å². The summed E-state index contributed by atoms with van der Waals surface area (Å²) in [5, 5.41) is 0. The Morgan fingerprint density at radius 2 is 1.43 bits per heavy atom. The van der Waals surface area contributed by atoms with Crippen molar-refractivity contribution in [3.05, 3.63) is 0 Å². The van der Waals surface area contributed by atoms with Crippen LogP contribution in [0, 0.1) is 0 Å². The van der Waals surface area contributed by atoms with E-state index >= 15 is 0 Å². The third-order valence-corrected chi connectivity index (χ3v) is 3.70. The van der Waals surface area contributed by atoms with Crippen molar-refractivity contribution < 1.29 is 4.79 Å². The maximum atomic E-state index is 12.2. The van der Waals surface area contributed by atoms with Crippen molar-refractivity contribution in [2.45, 2.75) is 37.8 Å². The van der Waals surface area contributed by atoms with Gasteiger partial charge in [0.25, 0.3) is 0 Å². The average Bonchev–Trinajstić information content (AvgIpc) is 2.73. The molecule has 2 atom stereocenters. The first-order valence-corrected chi connectivity index (χ1v) is 5.64. The number of rotatable bonds is 2. The van der Waals surface area contributed by atoms with Gasteiger partial charge in [0.15, 0.2) is 5.78 Å². The fourth-order valence-electron chi connectivity index (χ4n) is 2.76. The zero-order valence-electron chi connectivity index (χ0n) is 9.20. The van der Waals surface area contributed by atoms with Gasteiger partial charge in [0.1, 0.15) is 0 Å². The van der Waals surface area contributed by atoms with Gasteiger partial charge in [-0.3, -0.25) is 14.6 Å². The van der Waals surface area contributed by atoms with Crippen molar-refractivity contribution in [2.24, 2.45) is 0 Å². The lowest BCUT2D eigenvalue weighted by molar-refractivity contribution is -0.126. The molecule has 80 valence electrons. The highest BCUT2D eigenvalue weighted by Gasteiger charge is 2.36. The second-order valence-corrected chi connectivity index (χ2v) is 4.68. The molecule has 2 saturated heterocycles. The second-order valence-electron chi connectivity index (χ2n) is 4.68.